The van der Waals surface area contributed by atoms with Crippen molar-refractivity contribution in [3.05, 3.63) is 23.8 Å². The molecule has 3 heteroatoms. The molecule has 0 unspecified atom stereocenters. The Balaban J connectivity index is 2.13. The minimum atomic E-state index is 0.266. The quantitative estimate of drug-likeness (QED) is 0.811. The lowest BCUT2D eigenvalue weighted by Crippen LogP contribution is -2.22. The van der Waals surface area contributed by atoms with Gasteiger partial charge in [-0.05, 0) is 36.6 Å². The van der Waals surface area contributed by atoms with Gasteiger partial charge in [-0.3, -0.25) is 0 Å². The fourth-order valence-corrected chi connectivity index (χ4v) is 2.07. The fourth-order valence-electron chi connectivity index (χ4n) is 2.07. The highest BCUT2D eigenvalue weighted by molar-refractivity contribution is 5.60. The van der Waals surface area contributed by atoms with Crippen molar-refractivity contribution in [2.75, 3.05) is 31.7 Å². The Kier molecular flexibility index (Phi) is 3.11. The van der Waals surface area contributed by atoms with E-state index in [1.807, 2.05) is 6.07 Å². The van der Waals surface area contributed by atoms with Crippen LogP contribution in [-0.4, -0.2) is 31.9 Å². The highest BCUT2D eigenvalue weighted by atomic mass is 16.5. The van der Waals surface area contributed by atoms with Crippen LogP contribution in [-0.2, 0) is 6.42 Å². The molecule has 0 fully saturated rings. The Hall–Kier alpha value is -1.22. The van der Waals surface area contributed by atoms with Crippen molar-refractivity contribution in [2.24, 2.45) is 0 Å². The van der Waals surface area contributed by atoms with Gasteiger partial charge in [0.15, 0.2) is 0 Å². The molecule has 0 saturated heterocycles. The maximum absolute atomic E-state index is 8.81. The van der Waals surface area contributed by atoms with Gasteiger partial charge in [0, 0.05) is 25.4 Å². The normalized spacial score (nSPS) is 14.1. The number of aliphatic hydroxyl groups excluding tert-OH is 1. The summed E-state index contributed by atoms with van der Waals surface area (Å²) in [6.07, 6.45) is 1.92. The molecule has 0 atom stereocenters. The second-order valence-corrected chi connectivity index (χ2v) is 3.81. The van der Waals surface area contributed by atoms with Crippen molar-refractivity contribution < 1.29 is 9.84 Å². The second kappa shape index (κ2) is 4.53. The van der Waals surface area contributed by atoms with Crippen molar-refractivity contribution in [1.29, 1.82) is 0 Å². The van der Waals surface area contributed by atoms with E-state index in [1.165, 1.54) is 11.3 Å². The lowest BCUT2D eigenvalue weighted by atomic mass is 10.1. The number of benzene rings is 1. The summed E-state index contributed by atoms with van der Waals surface area (Å²) >= 11 is 0. The van der Waals surface area contributed by atoms with Crippen LogP contribution in [0.25, 0.3) is 0 Å². The van der Waals surface area contributed by atoms with Crippen LogP contribution in [0.4, 0.5) is 5.69 Å². The van der Waals surface area contributed by atoms with Crippen molar-refractivity contribution in [1.82, 2.24) is 0 Å². The van der Waals surface area contributed by atoms with Crippen molar-refractivity contribution in [3.63, 3.8) is 0 Å². The first-order valence-electron chi connectivity index (χ1n) is 5.38. The number of hydrogen-bond acceptors (Lipinski definition) is 3. The van der Waals surface area contributed by atoms with Crippen molar-refractivity contribution in [3.8, 4) is 5.75 Å². The molecule has 0 saturated carbocycles. The molecule has 1 aromatic carbocycles. The summed E-state index contributed by atoms with van der Waals surface area (Å²) in [5.74, 6) is 0.928. The van der Waals surface area contributed by atoms with Gasteiger partial charge in [-0.25, -0.2) is 0 Å². The predicted octanol–water partition coefficient (Wildman–Crippen LogP) is 1.44. The summed E-state index contributed by atoms with van der Waals surface area (Å²) in [4.78, 5) is 2.32. The zero-order chi connectivity index (χ0) is 10.7. The van der Waals surface area contributed by atoms with Crippen molar-refractivity contribution in [2.45, 2.75) is 12.8 Å². The van der Waals surface area contributed by atoms with E-state index in [0.717, 1.165) is 31.7 Å². The number of ether oxygens (including phenoxy) is 1. The zero-order valence-electron chi connectivity index (χ0n) is 9.07. The lowest BCUT2D eigenvalue weighted by Gasteiger charge is -2.18. The third kappa shape index (κ3) is 2.07. The number of methoxy groups -OCH3 is 1. The first-order valence-corrected chi connectivity index (χ1v) is 5.38. The average Bonchev–Trinajstić information content (AvgIpc) is 2.68. The van der Waals surface area contributed by atoms with E-state index in [0.29, 0.717) is 0 Å². The molecular formula is C12H17NO2. The van der Waals surface area contributed by atoms with Crippen LogP contribution >= 0.6 is 0 Å². The van der Waals surface area contributed by atoms with Crippen LogP contribution in [0.3, 0.4) is 0 Å². The van der Waals surface area contributed by atoms with Gasteiger partial charge in [0.1, 0.15) is 5.75 Å². The highest BCUT2D eigenvalue weighted by Gasteiger charge is 2.18. The summed E-state index contributed by atoms with van der Waals surface area (Å²) in [6, 6.07) is 6.21. The summed E-state index contributed by atoms with van der Waals surface area (Å²) in [5.41, 5.74) is 2.65. The lowest BCUT2D eigenvalue weighted by molar-refractivity contribution is 0.290. The number of rotatable bonds is 4. The summed E-state index contributed by atoms with van der Waals surface area (Å²) in [6.45, 7) is 2.26. The SMILES string of the molecule is COc1ccc2c(c1)CCN2CCCO. The third-order valence-electron chi connectivity index (χ3n) is 2.86. The van der Waals surface area contributed by atoms with E-state index < -0.39 is 0 Å². The molecule has 1 aromatic rings. The number of fused-ring (bicyclic) bond motifs is 1. The summed E-state index contributed by atoms with van der Waals surface area (Å²) in [7, 11) is 1.69. The molecule has 0 aromatic heterocycles. The molecule has 1 aliphatic rings. The van der Waals surface area contributed by atoms with Crippen LogP contribution in [0.1, 0.15) is 12.0 Å². The molecule has 0 amide bonds. The van der Waals surface area contributed by atoms with E-state index in [-0.39, 0.29) is 6.61 Å². The molecule has 0 spiro atoms. The first-order chi connectivity index (χ1) is 7.35. The Morgan fingerprint density at radius 3 is 3.07 bits per heavy atom. The molecule has 1 aliphatic heterocycles. The summed E-state index contributed by atoms with van der Waals surface area (Å²) in [5, 5.41) is 8.81. The maximum atomic E-state index is 8.81. The van der Waals surface area contributed by atoms with Crippen LogP contribution in [0, 0.1) is 0 Å². The molecule has 15 heavy (non-hydrogen) atoms. The molecular weight excluding hydrogens is 190 g/mol. The standard InChI is InChI=1S/C12H17NO2/c1-15-11-3-4-12-10(9-11)5-7-13(12)6-2-8-14/h3-4,9,14H,2,5-8H2,1H3. The van der Waals surface area contributed by atoms with Gasteiger partial charge in [0.2, 0.25) is 0 Å². The highest BCUT2D eigenvalue weighted by Crippen LogP contribution is 2.30. The van der Waals surface area contributed by atoms with Crippen LogP contribution in [0.2, 0.25) is 0 Å². The smallest absolute Gasteiger partial charge is 0.119 e. The Bertz CT molecular complexity index is 338. The minimum Gasteiger partial charge on any atom is -0.497 e. The number of aliphatic hydroxyl groups is 1. The van der Waals surface area contributed by atoms with E-state index in [1.54, 1.807) is 7.11 Å². The van der Waals surface area contributed by atoms with E-state index in [4.69, 9.17) is 9.84 Å². The van der Waals surface area contributed by atoms with E-state index in [2.05, 4.69) is 17.0 Å². The zero-order valence-corrected chi connectivity index (χ0v) is 9.07. The maximum Gasteiger partial charge on any atom is 0.119 e. The molecule has 0 aliphatic carbocycles. The first kappa shape index (κ1) is 10.3. The van der Waals surface area contributed by atoms with Gasteiger partial charge in [0.25, 0.3) is 0 Å². The molecule has 82 valence electrons. The summed E-state index contributed by atoms with van der Waals surface area (Å²) < 4.78 is 5.20. The fraction of sp³-hybridized carbons (Fsp3) is 0.500. The van der Waals surface area contributed by atoms with Gasteiger partial charge >= 0.3 is 0 Å². The molecule has 1 heterocycles. The van der Waals surface area contributed by atoms with E-state index in [9.17, 15) is 0 Å². The largest absolute Gasteiger partial charge is 0.497 e. The molecule has 2 rings (SSSR count). The monoisotopic (exact) mass is 207 g/mol. The van der Waals surface area contributed by atoms with Crippen LogP contribution < -0.4 is 9.64 Å². The van der Waals surface area contributed by atoms with Gasteiger partial charge in [-0.1, -0.05) is 0 Å². The Morgan fingerprint density at radius 1 is 1.47 bits per heavy atom. The van der Waals surface area contributed by atoms with Gasteiger partial charge in [0.05, 0.1) is 7.11 Å². The van der Waals surface area contributed by atoms with Gasteiger partial charge < -0.3 is 14.7 Å². The van der Waals surface area contributed by atoms with Crippen LogP contribution in [0.5, 0.6) is 5.75 Å². The topological polar surface area (TPSA) is 32.7 Å². The molecule has 3 nitrogen and oxygen atoms in total. The Morgan fingerprint density at radius 2 is 2.33 bits per heavy atom. The average molecular weight is 207 g/mol. The molecule has 0 bridgehead atoms. The van der Waals surface area contributed by atoms with Gasteiger partial charge in [-0.2, -0.15) is 0 Å². The predicted molar refractivity (Wildman–Crippen MR) is 60.6 cm³/mol. The van der Waals surface area contributed by atoms with Crippen LogP contribution in [0.15, 0.2) is 18.2 Å². The Labute approximate surface area is 90.3 Å². The van der Waals surface area contributed by atoms with Gasteiger partial charge in [-0.15, -0.1) is 0 Å². The second-order valence-electron chi connectivity index (χ2n) is 3.81. The van der Waals surface area contributed by atoms with Crippen molar-refractivity contribution >= 4 is 5.69 Å². The number of anilines is 1. The number of hydrogen-bond donors (Lipinski definition) is 1. The third-order valence-corrected chi connectivity index (χ3v) is 2.86. The number of nitrogens with zero attached hydrogens (tertiary/aromatic N) is 1. The minimum absolute atomic E-state index is 0.266. The molecule has 1 N–H and O–H groups in total. The molecule has 0 radical (unpaired) electrons. The van der Waals surface area contributed by atoms with E-state index >= 15 is 0 Å².